The van der Waals surface area contributed by atoms with Gasteiger partial charge in [-0.1, -0.05) is 6.08 Å². The third-order valence-corrected chi connectivity index (χ3v) is 1.45. The van der Waals surface area contributed by atoms with Gasteiger partial charge in [0.05, 0.1) is 6.17 Å². The fourth-order valence-corrected chi connectivity index (χ4v) is 0.864. The maximum absolute atomic E-state index is 5.68. The van der Waals surface area contributed by atoms with Crippen LogP contribution in [0.15, 0.2) is 24.4 Å². The molecule has 0 aromatic heterocycles. The summed E-state index contributed by atoms with van der Waals surface area (Å²) in [5.41, 5.74) is 5.68. The summed E-state index contributed by atoms with van der Waals surface area (Å²) in [5, 5.41) is 0. The van der Waals surface area contributed by atoms with E-state index in [1.807, 2.05) is 24.4 Å². The van der Waals surface area contributed by atoms with E-state index in [-0.39, 0.29) is 23.1 Å². The maximum Gasteiger partial charge on any atom is 0.0959 e. The highest BCUT2D eigenvalue weighted by Gasteiger charge is 2.04. The zero-order valence-corrected chi connectivity index (χ0v) is 7.74. The zero-order valence-electron chi connectivity index (χ0n) is 6.03. The van der Waals surface area contributed by atoms with Crippen LogP contribution in [0.25, 0.3) is 0 Å². The van der Waals surface area contributed by atoms with E-state index in [4.69, 9.17) is 5.73 Å². The van der Waals surface area contributed by atoms with Crippen molar-refractivity contribution in [1.82, 2.24) is 4.90 Å². The minimum atomic E-state index is 0. The molecule has 0 radical (unpaired) electrons. The fourth-order valence-electron chi connectivity index (χ4n) is 0.864. The second kappa shape index (κ2) is 4.52. The predicted octanol–water partition coefficient (Wildman–Crippen LogP) is 1.25. The van der Waals surface area contributed by atoms with Crippen LogP contribution in [0.2, 0.25) is 0 Å². The Morgan fingerprint density at radius 3 is 2.60 bits per heavy atom. The predicted molar refractivity (Wildman–Crippen MR) is 49.0 cm³/mol. The van der Waals surface area contributed by atoms with E-state index in [0.717, 1.165) is 6.54 Å². The van der Waals surface area contributed by atoms with Crippen molar-refractivity contribution in [1.29, 1.82) is 0 Å². The summed E-state index contributed by atoms with van der Waals surface area (Å²) in [6.07, 6.45) is 8.03. The minimum absolute atomic E-state index is 0. The lowest BCUT2D eigenvalue weighted by molar-refractivity contribution is 0.338. The van der Waals surface area contributed by atoms with E-state index in [1.165, 1.54) is 0 Å². The van der Waals surface area contributed by atoms with Gasteiger partial charge >= 0.3 is 0 Å². The van der Waals surface area contributed by atoms with E-state index in [9.17, 15) is 0 Å². The Bertz CT molecular complexity index is 143. The van der Waals surface area contributed by atoms with Crippen LogP contribution in [0.4, 0.5) is 0 Å². The lowest BCUT2D eigenvalue weighted by Gasteiger charge is -2.25. The molecule has 3 heteroatoms. The highest BCUT2D eigenvalue weighted by atomic mass is 79.9. The van der Waals surface area contributed by atoms with Gasteiger partial charge in [0.15, 0.2) is 0 Å². The van der Waals surface area contributed by atoms with Crippen molar-refractivity contribution in [2.45, 2.75) is 13.1 Å². The van der Waals surface area contributed by atoms with Crippen LogP contribution in [-0.2, 0) is 0 Å². The van der Waals surface area contributed by atoms with Crippen LogP contribution >= 0.6 is 17.0 Å². The van der Waals surface area contributed by atoms with Crippen molar-refractivity contribution in [2.75, 3.05) is 6.54 Å². The normalized spacial score (nSPS) is 22.6. The summed E-state index contributed by atoms with van der Waals surface area (Å²) in [7, 11) is 0. The van der Waals surface area contributed by atoms with E-state index < -0.39 is 0 Å². The molecule has 0 saturated heterocycles. The topological polar surface area (TPSA) is 29.3 Å². The number of nitrogens with zero attached hydrogens (tertiary/aromatic N) is 1. The van der Waals surface area contributed by atoms with E-state index >= 15 is 0 Å². The van der Waals surface area contributed by atoms with Gasteiger partial charge < -0.3 is 10.6 Å². The molecule has 58 valence electrons. The highest BCUT2D eigenvalue weighted by molar-refractivity contribution is 8.93. The second-order valence-electron chi connectivity index (χ2n) is 2.05. The van der Waals surface area contributed by atoms with Gasteiger partial charge in [-0.2, -0.15) is 0 Å². The molecule has 1 aliphatic rings. The quantitative estimate of drug-likeness (QED) is 0.698. The third-order valence-electron chi connectivity index (χ3n) is 1.45. The highest BCUT2D eigenvalue weighted by Crippen LogP contribution is 2.01. The van der Waals surface area contributed by atoms with Crippen LogP contribution in [-0.4, -0.2) is 17.6 Å². The first-order valence-electron chi connectivity index (χ1n) is 3.21. The Morgan fingerprint density at radius 1 is 1.50 bits per heavy atom. The molecule has 0 fully saturated rings. The van der Waals surface area contributed by atoms with Crippen LogP contribution in [0, 0.1) is 0 Å². The first-order valence-corrected chi connectivity index (χ1v) is 3.21. The molecule has 0 saturated carbocycles. The van der Waals surface area contributed by atoms with E-state index in [0.29, 0.717) is 0 Å². The summed E-state index contributed by atoms with van der Waals surface area (Å²) < 4.78 is 0. The Kier molecular flexibility index (Phi) is 4.40. The molecule has 0 spiro atoms. The van der Waals surface area contributed by atoms with Gasteiger partial charge in [0.25, 0.3) is 0 Å². The molecule has 10 heavy (non-hydrogen) atoms. The molecule has 1 heterocycles. The van der Waals surface area contributed by atoms with Gasteiger partial charge in [-0.25, -0.2) is 0 Å². The third kappa shape index (κ3) is 2.15. The van der Waals surface area contributed by atoms with Crippen LogP contribution in [0.1, 0.15) is 6.92 Å². The summed E-state index contributed by atoms with van der Waals surface area (Å²) in [5.74, 6) is 0. The number of allylic oxidation sites excluding steroid dienone is 2. The second-order valence-corrected chi connectivity index (χ2v) is 2.05. The Balaban J connectivity index is 0.000000810. The summed E-state index contributed by atoms with van der Waals surface area (Å²) in [6.45, 7) is 3.06. The van der Waals surface area contributed by atoms with Crippen molar-refractivity contribution in [3.63, 3.8) is 0 Å². The molecular formula is C7H13BrN2. The Hall–Kier alpha value is -0.280. The smallest absolute Gasteiger partial charge is 0.0959 e. The van der Waals surface area contributed by atoms with Crippen LogP contribution in [0.3, 0.4) is 0 Å². The Labute approximate surface area is 72.2 Å². The number of hydrogen-bond donors (Lipinski definition) is 1. The summed E-state index contributed by atoms with van der Waals surface area (Å²) in [6, 6.07) is 0. The Morgan fingerprint density at radius 2 is 2.20 bits per heavy atom. The molecule has 0 aromatic rings. The van der Waals surface area contributed by atoms with Crippen molar-refractivity contribution < 1.29 is 0 Å². The van der Waals surface area contributed by atoms with Gasteiger partial charge in [0.2, 0.25) is 0 Å². The van der Waals surface area contributed by atoms with E-state index in [2.05, 4.69) is 11.8 Å². The van der Waals surface area contributed by atoms with E-state index in [1.54, 1.807) is 0 Å². The number of halogens is 1. The molecule has 0 aliphatic carbocycles. The lowest BCUT2D eigenvalue weighted by Crippen LogP contribution is -2.37. The number of likely N-dealkylation sites (N-methyl/N-ethyl adjacent to an activating group) is 1. The number of rotatable bonds is 1. The SMILES string of the molecule is Br.CCN1C=CC=CC1N. The summed E-state index contributed by atoms with van der Waals surface area (Å²) in [4.78, 5) is 2.07. The largest absolute Gasteiger partial charge is 0.359 e. The molecule has 0 aromatic carbocycles. The molecular weight excluding hydrogens is 192 g/mol. The molecule has 2 N–H and O–H groups in total. The van der Waals surface area contributed by atoms with Crippen LogP contribution in [0.5, 0.6) is 0 Å². The lowest BCUT2D eigenvalue weighted by atomic mass is 10.3. The number of nitrogens with two attached hydrogens (primary N) is 1. The maximum atomic E-state index is 5.68. The summed E-state index contributed by atoms with van der Waals surface area (Å²) >= 11 is 0. The molecule has 1 unspecified atom stereocenters. The van der Waals surface area contributed by atoms with Crippen molar-refractivity contribution in [3.05, 3.63) is 24.4 Å². The van der Waals surface area contributed by atoms with Crippen molar-refractivity contribution in [3.8, 4) is 0 Å². The van der Waals surface area contributed by atoms with Crippen molar-refractivity contribution >= 4 is 17.0 Å². The van der Waals surface area contributed by atoms with Crippen molar-refractivity contribution in [2.24, 2.45) is 5.73 Å². The molecule has 1 aliphatic heterocycles. The van der Waals surface area contributed by atoms with Gasteiger partial charge in [0, 0.05) is 12.7 Å². The van der Waals surface area contributed by atoms with Gasteiger partial charge in [0.1, 0.15) is 0 Å². The first-order chi connectivity index (χ1) is 4.34. The monoisotopic (exact) mass is 204 g/mol. The minimum Gasteiger partial charge on any atom is -0.359 e. The molecule has 1 atom stereocenters. The van der Waals surface area contributed by atoms with Crippen LogP contribution < -0.4 is 5.73 Å². The standard InChI is InChI=1S/C7H12N2.BrH/c1-2-9-6-4-3-5-7(9)8;/h3-7H,2,8H2,1H3;1H. The molecule has 0 bridgehead atoms. The van der Waals surface area contributed by atoms with Gasteiger partial charge in [-0.3, -0.25) is 0 Å². The molecule has 1 rings (SSSR count). The average molecular weight is 205 g/mol. The fraction of sp³-hybridized carbons (Fsp3) is 0.429. The number of hydrogen-bond acceptors (Lipinski definition) is 2. The first kappa shape index (κ1) is 9.72. The average Bonchev–Trinajstić information content (AvgIpc) is 1.89. The van der Waals surface area contributed by atoms with Gasteiger partial charge in [-0.15, -0.1) is 17.0 Å². The van der Waals surface area contributed by atoms with Gasteiger partial charge in [-0.05, 0) is 19.1 Å². The molecule has 2 nitrogen and oxygen atoms in total. The molecule has 0 amide bonds. The zero-order chi connectivity index (χ0) is 6.69.